The highest BCUT2D eigenvalue weighted by atomic mass is 16.5. The van der Waals surface area contributed by atoms with E-state index in [1.54, 1.807) is 0 Å². The first-order valence-corrected chi connectivity index (χ1v) is 9.09. The van der Waals surface area contributed by atoms with Gasteiger partial charge >= 0.3 is 0 Å². The van der Waals surface area contributed by atoms with Gasteiger partial charge < -0.3 is 14.2 Å². The van der Waals surface area contributed by atoms with Gasteiger partial charge in [-0.2, -0.15) is 0 Å². The molecular formula is C18H37NO3. The maximum atomic E-state index is 7.80. The molecule has 0 aromatic heterocycles. The average molecular weight is 315 g/mol. The Bertz CT molecular complexity index is 246. The molecule has 4 nitrogen and oxygen atoms in total. The van der Waals surface area contributed by atoms with Gasteiger partial charge in [-0.15, -0.1) is 0 Å². The van der Waals surface area contributed by atoms with Crippen molar-refractivity contribution in [1.82, 2.24) is 0 Å². The van der Waals surface area contributed by atoms with Gasteiger partial charge in [-0.25, -0.2) is 0 Å². The highest BCUT2D eigenvalue weighted by molar-refractivity contribution is 5.75. The molecule has 22 heavy (non-hydrogen) atoms. The zero-order chi connectivity index (χ0) is 16.5. The normalized spacial score (nSPS) is 12.3. The first kappa shape index (κ1) is 21.4. The third kappa shape index (κ3) is 14.3. The van der Waals surface area contributed by atoms with Crippen LogP contribution in [-0.2, 0) is 14.2 Å². The lowest BCUT2D eigenvalue weighted by Gasteiger charge is -2.14. The Kier molecular flexibility index (Phi) is 16.3. The molecule has 0 aromatic carbocycles. The van der Waals surface area contributed by atoms with Crippen LogP contribution in [0.2, 0.25) is 0 Å². The molecule has 0 aliphatic carbocycles. The fourth-order valence-corrected chi connectivity index (χ4v) is 2.17. The molecule has 0 heterocycles. The van der Waals surface area contributed by atoms with Crippen LogP contribution in [0.3, 0.4) is 0 Å². The van der Waals surface area contributed by atoms with E-state index in [0.29, 0.717) is 32.3 Å². The van der Waals surface area contributed by atoms with E-state index >= 15 is 0 Å². The summed E-state index contributed by atoms with van der Waals surface area (Å²) in [7, 11) is 0. The van der Waals surface area contributed by atoms with E-state index < -0.39 is 0 Å². The SMILES string of the molecule is CCCCCCCCCCOCC(C)C(=N)OCCOCC. The molecule has 0 bridgehead atoms. The molecule has 0 aromatic rings. The van der Waals surface area contributed by atoms with E-state index in [4.69, 9.17) is 19.6 Å². The highest BCUT2D eigenvalue weighted by Crippen LogP contribution is 2.08. The molecule has 0 saturated heterocycles. The number of unbranched alkanes of at least 4 members (excludes halogenated alkanes) is 7. The Morgan fingerprint density at radius 1 is 0.818 bits per heavy atom. The molecule has 1 atom stereocenters. The largest absolute Gasteiger partial charge is 0.478 e. The minimum Gasteiger partial charge on any atom is -0.478 e. The van der Waals surface area contributed by atoms with Crippen LogP contribution < -0.4 is 0 Å². The molecule has 0 aliphatic heterocycles. The van der Waals surface area contributed by atoms with E-state index in [1.165, 1.54) is 44.9 Å². The first-order valence-electron chi connectivity index (χ1n) is 9.09. The van der Waals surface area contributed by atoms with Gasteiger partial charge in [-0.1, -0.05) is 58.8 Å². The fraction of sp³-hybridized carbons (Fsp3) is 0.944. The van der Waals surface area contributed by atoms with Crippen molar-refractivity contribution >= 4 is 5.90 Å². The van der Waals surface area contributed by atoms with Gasteiger partial charge in [0, 0.05) is 13.2 Å². The molecule has 132 valence electrons. The van der Waals surface area contributed by atoms with E-state index in [9.17, 15) is 0 Å². The van der Waals surface area contributed by atoms with E-state index in [1.807, 2.05) is 13.8 Å². The topological polar surface area (TPSA) is 51.5 Å². The molecule has 4 heteroatoms. The van der Waals surface area contributed by atoms with Crippen molar-refractivity contribution in [2.45, 2.75) is 72.1 Å². The summed E-state index contributed by atoms with van der Waals surface area (Å²) in [6.45, 7) is 9.23. The lowest BCUT2D eigenvalue weighted by atomic mass is 10.1. The molecule has 0 saturated carbocycles. The van der Waals surface area contributed by atoms with Crippen molar-refractivity contribution in [2.24, 2.45) is 5.92 Å². The quantitative estimate of drug-likeness (QED) is 0.253. The summed E-state index contributed by atoms with van der Waals surface area (Å²) >= 11 is 0. The second-order valence-corrected chi connectivity index (χ2v) is 5.86. The molecule has 0 amide bonds. The van der Waals surface area contributed by atoms with E-state index in [0.717, 1.165) is 13.0 Å². The van der Waals surface area contributed by atoms with Gasteiger partial charge in [-0.05, 0) is 13.3 Å². The standard InChI is InChI=1S/C18H37NO3/c1-4-6-7-8-9-10-11-12-13-21-16-17(3)18(19)22-15-14-20-5-2/h17,19H,4-16H2,1-3H3. The van der Waals surface area contributed by atoms with Crippen molar-refractivity contribution in [1.29, 1.82) is 5.41 Å². The number of rotatable bonds is 16. The Labute approximate surface area is 137 Å². The Balaban J connectivity index is 3.30. The Hall–Kier alpha value is -0.610. The second kappa shape index (κ2) is 16.8. The van der Waals surface area contributed by atoms with Crippen molar-refractivity contribution < 1.29 is 14.2 Å². The van der Waals surface area contributed by atoms with Crippen LogP contribution in [0.25, 0.3) is 0 Å². The van der Waals surface area contributed by atoms with Crippen molar-refractivity contribution in [3.8, 4) is 0 Å². The summed E-state index contributed by atoms with van der Waals surface area (Å²) in [4.78, 5) is 0. The van der Waals surface area contributed by atoms with Crippen LogP contribution in [0.4, 0.5) is 0 Å². The van der Waals surface area contributed by atoms with E-state index in [2.05, 4.69) is 6.92 Å². The van der Waals surface area contributed by atoms with Crippen LogP contribution in [0.15, 0.2) is 0 Å². The van der Waals surface area contributed by atoms with Crippen LogP contribution in [0.1, 0.15) is 72.1 Å². The summed E-state index contributed by atoms with van der Waals surface area (Å²) in [6, 6.07) is 0. The summed E-state index contributed by atoms with van der Waals surface area (Å²) in [6.07, 6.45) is 10.5. The summed E-state index contributed by atoms with van der Waals surface area (Å²) < 4.78 is 16.1. The monoisotopic (exact) mass is 315 g/mol. The molecule has 0 rings (SSSR count). The van der Waals surface area contributed by atoms with E-state index in [-0.39, 0.29) is 5.92 Å². The zero-order valence-corrected chi connectivity index (χ0v) is 15.0. The lowest BCUT2D eigenvalue weighted by Crippen LogP contribution is -2.21. The van der Waals surface area contributed by atoms with Crippen LogP contribution >= 0.6 is 0 Å². The number of nitrogens with one attached hydrogen (secondary N) is 1. The lowest BCUT2D eigenvalue weighted by molar-refractivity contribution is 0.0888. The zero-order valence-electron chi connectivity index (χ0n) is 15.0. The third-order valence-electron chi connectivity index (χ3n) is 3.65. The summed E-state index contributed by atoms with van der Waals surface area (Å²) in [5, 5.41) is 7.80. The van der Waals surface area contributed by atoms with Gasteiger partial charge in [0.25, 0.3) is 0 Å². The van der Waals surface area contributed by atoms with Gasteiger partial charge in [0.1, 0.15) is 6.61 Å². The first-order chi connectivity index (χ1) is 10.7. The van der Waals surface area contributed by atoms with Crippen molar-refractivity contribution in [3.05, 3.63) is 0 Å². The summed E-state index contributed by atoms with van der Waals surface area (Å²) in [5.41, 5.74) is 0. The molecule has 1 unspecified atom stereocenters. The fourth-order valence-electron chi connectivity index (χ4n) is 2.17. The maximum Gasteiger partial charge on any atom is 0.185 e. The highest BCUT2D eigenvalue weighted by Gasteiger charge is 2.10. The minimum atomic E-state index is 0.0238. The van der Waals surface area contributed by atoms with Gasteiger partial charge in [0.2, 0.25) is 0 Å². The van der Waals surface area contributed by atoms with Gasteiger partial charge in [0.15, 0.2) is 5.90 Å². The molecule has 0 aliphatic rings. The second-order valence-electron chi connectivity index (χ2n) is 5.86. The molecular weight excluding hydrogens is 278 g/mol. The molecule has 0 fully saturated rings. The average Bonchev–Trinajstić information content (AvgIpc) is 2.53. The van der Waals surface area contributed by atoms with Crippen LogP contribution in [0.5, 0.6) is 0 Å². The number of hydrogen-bond acceptors (Lipinski definition) is 4. The Morgan fingerprint density at radius 2 is 1.45 bits per heavy atom. The van der Waals surface area contributed by atoms with Gasteiger partial charge in [-0.3, -0.25) is 5.41 Å². The predicted molar refractivity (Wildman–Crippen MR) is 92.8 cm³/mol. The minimum absolute atomic E-state index is 0.0238. The van der Waals surface area contributed by atoms with Crippen molar-refractivity contribution in [3.63, 3.8) is 0 Å². The van der Waals surface area contributed by atoms with Crippen molar-refractivity contribution in [2.75, 3.05) is 33.0 Å². The molecule has 1 N–H and O–H groups in total. The smallest absolute Gasteiger partial charge is 0.185 e. The summed E-state index contributed by atoms with van der Waals surface area (Å²) in [5.74, 6) is 0.325. The Morgan fingerprint density at radius 3 is 2.09 bits per heavy atom. The molecule has 0 radical (unpaired) electrons. The molecule has 0 spiro atoms. The maximum absolute atomic E-state index is 7.80. The van der Waals surface area contributed by atoms with Crippen LogP contribution in [0, 0.1) is 11.3 Å². The predicted octanol–water partition coefficient (Wildman–Crippen LogP) is 4.81. The van der Waals surface area contributed by atoms with Crippen LogP contribution in [-0.4, -0.2) is 38.9 Å². The van der Waals surface area contributed by atoms with Gasteiger partial charge in [0.05, 0.1) is 19.1 Å². The number of ether oxygens (including phenoxy) is 3. The third-order valence-corrected chi connectivity index (χ3v) is 3.65. The number of hydrogen-bond donors (Lipinski definition) is 1.